The van der Waals surface area contributed by atoms with Gasteiger partial charge in [-0.1, -0.05) is 11.8 Å². The molecule has 5 nitrogen and oxygen atoms in total. The zero-order chi connectivity index (χ0) is 12.3. The first-order chi connectivity index (χ1) is 8.07. The van der Waals surface area contributed by atoms with E-state index in [0.29, 0.717) is 11.5 Å². The van der Waals surface area contributed by atoms with Crippen molar-refractivity contribution in [1.82, 2.24) is 14.9 Å². The van der Waals surface area contributed by atoms with Gasteiger partial charge in [0, 0.05) is 37.8 Å². The molecule has 0 aliphatic carbocycles. The average Bonchev–Trinajstić information content (AvgIpc) is 2.80. The predicted octanol–water partition coefficient (Wildman–Crippen LogP) is 0.289. The highest BCUT2D eigenvalue weighted by molar-refractivity contribution is 7.99. The zero-order valence-electron chi connectivity index (χ0n) is 9.80. The molecule has 1 atom stereocenters. The van der Waals surface area contributed by atoms with E-state index in [0.717, 1.165) is 23.9 Å². The van der Waals surface area contributed by atoms with Gasteiger partial charge >= 0.3 is 0 Å². The largest absolute Gasteiger partial charge is 0.329 e. The summed E-state index contributed by atoms with van der Waals surface area (Å²) in [6, 6.07) is 0.141. The number of nitrogens with one attached hydrogen (secondary N) is 1. The summed E-state index contributed by atoms with van der Waals surface area (Å²) in [5.41, 5.74) is 0. The molecule has 1 unspecified atom stereocenters. The SMILES string of the molecule is Cn1ccnc1SCCNC1CCS(=O)(=O)C1. The Balaban J connectivity index is 1.66. The predicted molar refractivity (Wildman–Crippen MR) is 69.0 cm³/mol. The Labute approximate surface area is 106 Å². The molecule has 0 bridgehead atoms. The lowest BCUT2D eigenvalue weighted by Gasteiger charge is -2.09. The first-order valence-electron chi connectivity index (χ1n) is 5.61. The van der Waals surface area contributed by atoms with Crippen LogP contribution >= 0.6 is 11.8 Å². The molecular formula is C10H17N3O2S2. The van der Waals surface area contributed by atoms with Gasteiger partial charge in [-0.3, -0.25) is 0 Å². The van der Waals surface area contributed by atoms with Gasteiger partial charge in [0.2, 0.25) is 0 Å². The van der Waals surface area contributed by atoms with E-state index in [1.54, 1.807) is 18.0 Å². The van der Waals surface area contributed by atoms with Gasteiger partial charge in [0.25, 0.3) is 0 Å². The molecule has 17 heavy (non-hydrogen) atoms. The topological polar surface area (TPSA) is 64.0 Å². The third kappa shape index (κ3) is 3.72. The van der Waals surface area contributed by atoms with E-state index in [1.807, 2.05) is 17.8 Å². The number of sulfone groups is 1. The van der Waals surface area contributed by atoms with Crippen LogP contribution in [0.15, 0.2) is 17.6 Å². The molecular weight excluding hydrogens is 258 g/mol. The Bertz CT molecular complexity index is 470. The Morgan fingerprint density at radius 3 is 3.06 bits per heavy atom. The van der Waals surface area contributed by atoms with Gasteiger partial charge in [0.15, 0.2) is 15.0 Å². The lowest BCUT2D eigenvalue weighted by molar-refractivity contribution is 0.574. The third-order valence-corrected chi connectivity index (χ3v) is 5.60. The maximum absolute atomic E-state index is 11.2. The number of nitrogens with zero attached hydrogens (tertiary/aromatic N) is 2. The standard InChI is InChI=1S/C10H17N3O2S2/c1-13-5-3-12-10(13)16-6-4-11-9-2-7-17(14,15)8-9/h3,5,9,11H,2,4,6-8H2,1H3. The van der Waals surface area contributed by atoms with Crippen molar-refractivity contribution in [3.63, 3.8) is 0 Å². The van der Waals surface area contributed by atoms with Crippen molar-refractivity contribution >= 4 is 21.6 Å². The van der Waals surface area contributed by atoms with Gasteiger partial charge in [-0.25, -0.2) is 13.4 Å². The van der Waals surface area contributed by atoms with Crippen molar-refractivity contribution < 1.29 is 8.42 Å². The summed E-state index contributed by atoms with van der Waals surface area (Å²) in [6.45, 7) is 0.817. The monoisotopic (exact) mass is 275 g/mol. The number of imidazole rings is 1. The molecule has 1 aliphatic heterocycles. The lowest BCUT2D eigenvalue weighted by Crippen LogP contribution is -2.31. The number of aryl methyl sites for hydroxylation is 1. The molecule has 0 spiro atoms. The molecule has 0 aromatic carbocycles. The minimum absolute atomic E-state index is 0.141. The molecule has 0 saturated carbocycles. The molecule has 1 aliphatic rings. The van der Waals surface area contributed by atoms with Gasteiger partial charge in [-0.05, 0) is 6.42 Å². The Morgan fingerprint density at radius 1 is 1.65 bits per heavy atom. The molecule has 1 N–H and O–H groups in total. The highest BCUT2D eigenvalue weighted by Gasteiger charge is 2.26. The van der Waals surface area contributed by atoms with E-state index in [-0.39, 0.29) is 6.04 Å². The minimum Gasteiger partial charge on any atom is -0.329 e. The molecule has 96 valence electrons. The third-order valence-electron chi connectivity index (χ3n) is 2.78. The van der Waals surface area contributed by atoms with Gasteiger partial charge in [0.1, 0.15) is 0 Å². The molecule has 1 saturated heterocycles. The summed E-state index contributed by atoms with van der Waals surface area (Å²) in [7, 11) is -0.804. The van der Waals surface area contributed by atoms with E-state index in [9.17, 15) is 8.42 Å². The molecule has 1 aromatic rings. The normalized spacial score (nSPS) is 23.0. The Hall–Kier alpha value is -0.530. The fraction of sp³-hybridized carbons (Fsp3) is 0.700. The second-order valence-corrected chi connectivity index (χ2v) is 7.51. The average molecular weight is 275 g/mol. The van der Waals surface area contributed by atoms with Crippen molar-refractivity contribution in [2.75, 3.05) is 23.8 Å². The van der Waals surface area contributed by atoms with Crippen LogP contribution in [0.5, 0.6) is 0 Å². The van der Waals surface area contributed by atoms with Crippen molar-refractivity contribution in [2.24, 2.45) is 7.05 Å². The first kappa shape index (κ1) is 12.9. The summed E-state index contributed by atoms with van der Waals surface area (Å²) in [6.07, 6.45) is 4.44. The van der Waals surface area contributed by atoms with Crippen molar-refractivity contribution in [2.45, 2.75) is 17.6 Å². The van der Waals surface area contributed by atoms with Crippen LogP contribution in [0, 0.1) is 0 Å². The molecule has 1 fully saturated rings. The van der Waals surface area contributed by atoms with Crippen molar-refractivity contribution in [1.29, 1.82) is 0 Å². The van der Waals surface area contributed by atoms with Crippen LogP contribution in [0.4, 0.5) is 0 Å². The van der Waals surface area contributed by atoms with Crippen molar-refractivity contribution in [3.8, 4) is 0 Å². The number of hydrogen-bond acceptors (Lipinski definition) is 5. The number of aromatic nitrogens is 2. The number of thioether (sulfide) groups is 1. The zero-order valence-corrected chi connectivity index (χ0v) is 11.4. The first-order valence-corrected chi connectivity index (χ1v) is 8.41. The summed E-state index contributed by atoms with van der Waals surface area (Å²) in [4.78, 5) is 4.21. The van der Waals surface area contributed by atoms with Crippen LogP contribution in [0.3, 0.4) is 0 Å². The van der Waals surface area contributed by atoms with Gasteiger partial charge < -0.3 is 9.88 Å². The molecule has 2 rings (SSSR count). The van der Waals surface area contributed by atoms with Crippen LogP contribution in [0.2, 0.25) is 0 Å². The summed E-state index contributed by atoms with van der Waals surface area (Å²) in [5.74, 6) is 1.53. The van der Waals surface area contributed by atoms with Gasteiger partial charge in [-0.2, -0.15) is 0 Å². The molecule has 0 radical (unpaired) electrons. The van der Waals surface area contributed by atoms with Crippen LogP contribution in [0.25, 0.3) is 0 Å². The second-order valence-electron chi connectivity index (χ2n) is 4.22. The van der Waals surface area contributed by atoms with Crippen LogP contribution in [-0.2, 0) is 16.9 Å². The molecule has 2 heterocycles. The fourth-order valence-corrected chi connectivity index (χ4v) is 4.36. The number of rotatable bonds is 5. The van der Waals surface area contributed by atoms with E-state index < -0.39 is 9.84 Å². The van der Waals surface area contributed by atoms with E-state index >= 15 is 0 Å². The minimum atomic E-state index is -2.77. The van der Waals surface area contributed by atoms with Crippen molar-refractivity contribution in [3.05, 3.63) is 12.4 Å². The second kappa shape index (κ2) is 5.41. The fourth-order valence-electron chi connectivity index (χ4n) is 1.85. The van der Waals surface area contributed by atoms with E-state index in [1.165, 1.54) is 0 Å². The lowest BCUT2D eigenvalue weighted by atomic mass is 10.3. The molecule has 0 amide bonds. The van der Waals surface area contributed by atoms with Crippen LogP contribution in [-0.4, -0.2) is 47.8 Å². The smallest absolute Gasteiger partial charge is 0.167 e. The Kier molecular flexibility index (Phi) is 4.11. The molecule has 1 aromatic heterocycles. The maximum Gasteiger partial charge on any atom is 0.167 e. The van der Waals surface area contributed by atoms with Crippen LogP contribution < -0.4 is 5.32 Å². The summed E-state index contributed by atoms with van der Waals surface area (Å²) in [5, 5.41) is 4.27. The van der Waals surface area contributed by atoms with E-state index in [4.69, 9.17) is 0 Å². The molecule has 7 heteroatoms. The summed E-state index contributed by atoms with van der Waals surface area (Å²) < 4.78 is 24.5. The van der Waals surface area contributed by atoms with Gasteiger partial charge in [0.05, 0.1) is 11.5 Å². The highest BCUT2D eigenvalue weighted by Crippen LogP contribution is 2.14. The van der Waals surface area contributed by atoms with Gasteiger partial charge in [-0.15, -0.1) is 0 Å². The van der Waals surface area contributed by atoms with Crippen LogP contribution in [0.1, 0.15) is 6.42 Å². The summed E-state index contributed by atoms with van der Waals surface area (Å²) >= 11 is 1.68. The maximum atomic E-state index is 11.2. The highest BCUT2D eigenvalue weighted by atomic mass is 32.2. The van der Waals surface area contributed by atoms with E-state index in [2.05, 4.69) is 10.3 Å². The quantitative estimate of drug-likeness (QED) is 0.618. The Morgan fingerprint density at radius 2 is 2.47 bits per heavy atom. The number of hydrogen-bond donors (Lipinski definition) is 1.